The van der Waals surface area contributed by atoms with E-state index in [1.54, 1.807) is 6.20 Å². The van der Waals surface area contributed by atoms with E-state index in [4.69, 9.17) is 19.1 Å². The number of aromatic nitrogens is 1. The van der Waals surface area contributed by atoms with Crippen molar-refractivity contribution in [1.29, 1.82) is 0 Å². The SMILES string of the molecule is CC(C)c1cccc(C(C)C)c1N1[C]N(c2c(C(C)C)cccc2C(C)C)C=C1.Cc1cccnc1.[Cl][Pd][Cl]. The zero-order valence-electron chi connectivity index (χ0n) is 24.7. The molecule has 0 saturated heterocycles. The summed E-state index contributed by atoms with van der Waals surface area (Å²) < 4.78 is 0. The Morgan fingerprint density at radius 3 is 1.23 bits per heavy atom. The van der Waals surface area contributed by atoms with Gasteiger partial charge in [0.25, 0.3) is 0 Å². The molecule has 0 N–H and O–H groups in total. The van der Waals surface area contributed by atoms with Crippen molar-refractivity contribution in [2.24, 2.45) is 0 Å². The fraction of sp³-hybridized carbons (Fsp3) is 0.394. The number of benzene rings is 2. The molecular formula is C33H43Cl2N3Pd. The van der Waals surface area contributed by atoms with Crippen LogP contribution in [-0.4, -0.2) is 4.98 Å². The number of anilines is 2. The van der Waals surface area contributed by atoms with Crippen LogP contribution in [0.4, 0.5) is 11.4 Å². The molecular weight excluding hydrogens is 616 g/mol. The van der Waals surface area contributed by atoms with Gasteiger partial charge in [-0.2, -0.15) is 0 Å². The predicted molar refractivity (Wildman–Crippen MR) is 167 cm³/mol. The van der Waals surface area contributed by atoms with Crippen molar-refractivity contribution in [2.75, 3.05) is 9.80 Å². The summed E-state index contributed by atoms with van der Waals surface area (Å²) in [6, 6.07) is 17.4. The number of aryl methyl sites for hydroxylation is 1. The van der Waals surface area contributed by atoms with Gasteiger partial charge in [0.05, 0.1) is 11.4 Å². The summed E-state index contributed by atoms with van der Waals surface area (Å²) in [6.07, 6.45) is 7.93. The maximum absolute atomic E-state index is 4.81. The molecule has 1 aliphatic rings. The third kappa shape index (κ3) is 9.36. The van der Waals surface area contributed by atoms with Gasteiger partial charge in [-0.1, -0.05) is 97.9 Å². The minimum atomic E-state index is -0.106. The molecule has 0 spiro atoms. The Bertz CT molecular complexity index is 1050. The Morgan fingerprint density at radius 1 is 0.641 bits per heavy atom. The first-order valence-corrected chi connectivity index (χ1v) is 17.5. The predicted octanol–water partition coefficient (Wildman–Crippen LogP) is 10.7. The number of pyridine rings is 1. The third-order valence-corrected chi connectivity index (χ3v) is 6.56. The van der Waals surface area contributed by atoms with E-state index in [-0.39, 0.29) is 15.9 Å². The molecule has 3 aromatic rings. The van der Waals surface area contributed by atoms with Crippen LogP contribution in [0.1, 0.15) is 107 Å². The molecule has 1 aromatic heterocycles. The molecule has 3 nitrogen and oxygen atoms in total. The van der Waals surface area contributed by atoms with Gasteiger partial charge in [-0.25, -0.2) is 0 Å². The third-order valence-electron chi connectivity index (χ3n) is 6.56. The van der Waals surface area contributed by atoms with Crippen LogP contribution in [0.15, 0.2) is 73.3 Å². The molecule has 0 unspecified atom stereocenters. The number of rotatable bonds is 6. The summed E-state index contributed by atoms with van der Waals surface area (Å²) in [6.45, 7) is 23.8. The van der Waals surface area contributed by atoms with Crippen LogP contribution in [0.3, 0.4) is 0 Å². The first-order chi connectivity index (χ1) is 18.5. The summed E-state index contributed by atoms with van der Waals surface area (Å²) in [5, 5.41) is 0. The van der Waals surface area contributed by atoms with E-state index in [0.29, 0.717) is 23.7 Å². The molecule has 0 amide bonds. The molecule has 0 saturated carbocycles. The van der Waals surface area contributed by atoms with Crippen LogP contribution >= 0.6 is 19.1 Å². The molecule has 214 valence electrons. The van der Waals surface area contributed by atoms with Crippen molar-refractivity contribution in [3.8, 4) is 0 Å². The molecule has 2 aromatic carbocycles. The molecule has 2 radical (unpaired) electrons. The second-order valence-electron chi connectivity index (χ2n) is 10.9. The van der Waals surface area contributed by atoms with E-state index in [1.165, 1.54) is 39.2 Å². The molecule has 4 rings (SSSR count). The van der Waals surface area contributed by atoms with Crippen LogP contribution in [0, 0.1) is 13.6 Å². The van der Waals surface area contributed by atoms with E-state index in [9.17, 15) is 0 Å². The minimum absolute atomic E-state index is 0.106. The van der Waals surface area contributed by atoms with Gasteiger partial charge in [-0.15, -0.1) is 0 Å². The summed E-state index contributed by atoms with van der Waals surface area (Å²) in [5.74, 6) is 1.84. The van der Waals surface area contributed by atoms with E-state index in [1.807, 2.05) is 25.3 Å². The Kier molecular flexibility index (Phi) is 14.1. The molecule has 0 fully saturated rings. The maximum atomic E-state index is 4.81. The van der Waals surface area contributed by atoms with Crippen LogP contribution in [0.5, 0.6) is 0 Å². The van der Waals surface area contributed by atoms with E-state index < -0.39 is 0 Å². The molecule has 1 aliphatic heterocycles. The molecule has 0 atom stereocenters. The standard InChI is InChI=1S/C27H36N2.C6H7N.2ClH.Pd/c1-18(2)22-11-9-12-23(19(3)4)26(22)28-15-16-29(17-28)27-24(20(5)6)13-10-14-25(27)21(7)8;1-6-3-2-4-7-5-6;;;/h9-16,18-21H,1-8H3;2-5H,1H3;2*1H;/q;;;;+2/p-2. The van der Waals surface area contributed by atoms with Crippen LogP contribution in [0.25, 0.3) is 0 Å². The van der Waals surface area contributed by atoms with Gasteiger partial charge in [0.15, 0.2) is 0 Å². The zero-order chi connectivity index (χ0) is 29.1. The second-order valence-corrected chi connectivity index (χ2v) is 13.3. The van der Waals surface area contributed by atoms with Crippen molar-refractivity contribution < 1.29 is 15.9 Å². The van der Waals surface area contributed by atoms with Gasteiger partial charge in [-0.3, -0.25) is 4.98 Å². The van der Waals surface area contributed by atoms with Crippen LogP contribution in [0.2, 0.25) is 0 Å². The molecule has 2 heterocycles. The number of halogens is 2. The van der Waals surface area contributed by atoms with Crippen molar-refractivity contribution in [3.63, 3.8) is 0 Å². The molecule has 0 aliphatic carbocycles. The van der Waals surface area contributed by atoms with Crippen LogP contribution < -0.4 is 9.80 Å². The number of nitrogens with zero attached hydrogens (tertiary/aromatic N) is 3. The van der Waals surface area contributed by atoms with Crippen molar-refractivity contribution in [2.45, 2.75) is 86.0 Å². The summed E-state index contributed by atoms with van der Waals surface area (Å²) in [5.41, 5.74) is 9.26. The second kappa shape index (κ2) is 16.4. The summed E-state index contributed by atoms with van der Waals surface area (Å²) in [7, 11) is 9.63. The quantitative estimate of drug-likeness (QED) is 0.246. The van der Waals surface area contributed by atoms with Gasteiger partial charge in [0.2, 0.25) is 6.67 Å². The zero-order valence-corrected chi connectivity index (χ0v) is 27.7. The van der Waals surface area contributed by atoms with E-state index in [0.717, 1.165) is 0 Å². The van der Waals surface area contributed by atoms with Gasteiger partial charge in [-0.05, 0) is 64.5 Å². The van der Waals surface area contributed by atoms with E-state index in [2.05, 4.69) is 126 Å². The Labute approximate surface area is 253 Å². The van der Waals surface area contributed by atoms with Crippen molar-refractivity contribution in [3.05, 3.63) is 108 Å². The monoisotopic (exact) mass is 657 g/mol. The van der Waals surface area contributed by atoms with Crippen molar-refractivity contribution in [1.82, 2.24) is 4.98 Å². The van der Waals surface area contributed by atoms with Gasteiger partial charge in [0, 0.05) is 24.8 Å². The van der Waals surface area contributed by atoms with E-state index >= 15 is 0 Å². The molecule has 0 bridgehead atoms. The average molecular weight is 659 g/mol. The first-order valence-electron chi connectivity index (χ1n) is 13.5. The van der Waals surface area contributed by atoms with Gasteiger partial charge < -0.3 is 9.80 Å². The fourth-order valence-corrected chi connectivity index (χ4v) is 4.59. The van der Waals surface area contributed by atoms with Crippen LogP contribution in [-0.2, 0) is 15.9 Å². The first kappa shape index (κ1) is 33.4. The number of hydrogen-bond acceptors (Lipinski definition) is 3. The van der Waals surface area contributed by atoms with Crippen molar-refractivity contribution >= 4 is 30.4 Å². The summed E-state index contributed by atoms with van der Waals surface area (Å²) in [4.78, 5) is 8.28. The van der Waals surface area contributed by atoms with Gasteiger partial charge in [0.1, 0.15) is 0 Å². The average Bonchev–Trinajstić information content (AvgIpc) is 3.38. The Hall–Kier alpha value is -1.83. The molecule has 6 heteroatoms. The topological polar surface area (TPSA) is 19.4 Å². The molecule has 39 heavy (non-hydrogen) atoms. The fourth-order valence-electron chi connectivity index (χ4n) is 4.59. The Balaban J connectivity index is 0.000000450. The number of hydrogen-bond donors (Lipinski definition) is 0. The summed E-state index contributed by atoms with van der Waals surface area (Å²) >= 11 is -0.106. The van der Waals surface area contributed by atoms with Gasteiger partial charge >= 0.3 is 35.0 Å². The number of para-hydroxylation sites is 2. The normalized spacial score (nSPS) is 12.8. The Morgan fingerprint density at radius 2 is 1.00 bits per heavy atom.